The van der Waals surface area contributed by atoms with Crippen LogP contribution in [0.4, 0.5) is 0 Å². The Morgan fingerprint density at radius 2 is 1.94 bits per heavy atom. The van der Waals surface area contributed by atoms with Gasteiger partial charge in [0.1, 0.15) is 6.04 Å². The quantitative estimate of drug-likeness (QED) is 0.799. The van der Waals surface area contributed by atoms with Crippen molar-refractivity contribution in [2.24, 2.45) is 0 Å². The van der Waals surface area contributed by atoms with Crippen LogP contribution in [0, 0.1) is 11.3 Å². The number of carbonyl (C=O) groups is 1. The second kappa shape index (κ2) is 6.80. The minimum atomic E-state index is -0.339. The van der Waals surface area contributed by atoms with Crippen LogP contribution in [0.25, 0.3) is 0 Å². The van der Waals surface area contributed by atoms with Crippen molar-refractivity contribution in [3.8, 4) is 6.07 Å². The summed E-state index contributed by atoms with van der Waals surface area (Å²) in [5.74, 6) is -0.0855. The van der Waals surface area contributed by atoms with Gasteiger partial charge in [-0.2, -0.15) is 5.26 Å². The molecule has 0 saturated heterocycles. The number of hydrogen-bond donors (Lipinski definition) is 0. The van der Waals surface area contributed by atoms with E-state index in [0.29, 0.717) is 12.0 Å². The van der Waals surface area contributed by atoms with Crippen molar-refractivity contribution in [1.29, 1.82) is 5.26 Å². The fraction of sp³-hybridized carbons (Fsp3) is 0.467. The highest BCUT2D eigenvalue weighted by atomic mass is 16.2. The van der Waals surface area contributed by atoms with Crippen molar-refractivity contribution in [3.05, 3.63) is 35.4 Å². The Morgan fingerprint density at radius 3 is 2.39 bits per heavy atom. The van der Waals surface area contributed by atoms with Gasteiger partial charge >= 0.3 is 0 Å². The van der Waals surface area contributed by atoms with E-state index in [4.69, 9.17) is 5.26 Å². The molecule has 0 radical (unpaired) electrons. The van der Waals surface area contributed by atoms with Crippen molar-refractivity contribution < 1.29 is 4.79 Å². The molecule has 0 saturated carbocycles. The number of nitrogens with zero attached hydrogens (tertiary/aromatic N) is 2. The van der Waals surface area contributed by atoms with Gasteiger partial charge in [-0.3, -0.25) is 4.79 Å². The van der Waals surface area contributed by atoms with Crippen molar-refractivity contribution in [2.75, 3.05) is 7.05 Å². The van der Waals surface area contributed by atoms with E-state index < -0.39 is 0 Å². The maximum absolute atomic E-state index is 12.2. The van der Waals surface area contributed by atoms with Crippen LogP contribution >= 0.6 is 0 Å². The van der Waals surface area contributed by atoms with Gasteiger partial charge in [-0.05, 0) is 30.5 Å². The molecular weight excluding hydrogens is 224 g/mol. The molecule has 1 rings (SSSR count). The maximum atomic E-state index is 12.2. The fourth-order valence-electron chi connectivity index (χ4n) is 1.85. The minimum Gasteiger partial charge on any atom is -0.326 e. The van der Waals surface area contributed by atoms with Crippen LogP contribution in [0.3, 0.4) is 0 Å². The molecule has 1 atom stereocenters. The van der Waals surface area contributed by atoms with E-state index in [2.05, 4.69) is 13.0 Å². The molecule has 0 spiro atoms. The number of amides is 1. The van der Waals surface area contributed by atoms with Gasteiger partial charge in [-0.1, -0.05) is 32.4 Å². The Kier molecular flexibility index (Phi) is 5.38. The predicted molar refractivity (Wildman–Crippen MR) is 72.2 cm³/mol. The normalized spacial score (nSPS) is 11.7. The van der Waals surface area contributed by atoms with Crippen LogP contribution in [0.5, 0.6) is 0 Å². The van der Waals surface area contributed by atoms with E-state index in [-0.39, 0.29) is 11.9 Å². The Balaban J connectivity index is 2.82. The van der Waals surface area contributed by atoms with Gasteiger partial charge < -0.3 is 4.90 Å². The molecule has 1 aromatic carbocycles. The number of hydrogen-bond acceptors (Lipinski definition) is 2. The SMILES string of the molecule is CCCC(C#N)N(C)C(=O)c1ccc(CC)cc1. The standard InChI is InChI=1S/C15H20N2O/c1-4-6-14(11-16)17(3)15(18)13-9-7-12(5-2)8-10-13/h7-10,14H,4-6H2,1-3H3. The van der Waals surface area contributed by atoms with Gasteiger partial charge in [0.25, 0.3) is 5.91 Å². The average Bonchev–Trinajstić information content (AvgIpc) is 2.43. The molecule has 1 amide bonds. The van der Waals surface area contributed by atoms with Gasteiger partial charge in [0, 0.05) is 12.6 Å². The first kappa shape index (κ1) is 14.2. The molecule has 0 bridgehead atoms. The lowest BCUT2D eigenvalue weighted by atomic mass is 10.1. The number of aryl methyl sites for hydroxylation is 1. The molecule has 1 unspecified atom stereocenters. The van der Waals surface area contributed by atoms with Gasteiger partial charge in [0.2, 0.25) is 0 Å². The lowest BCUT2D eigenvalue weighted by Crippen LogP contribution is -2.36. The molecular formula is C15H20N2O. The molecule has 0 heterocycles. The average molecular weight is 244 g/mol. The smallest absolute Gasteiger partial charge is 0.254 e. The first-order valence-corrected chi connectivity index (χ1v) is 6.39. The fourth-order valence-corrected chi connectivity index (χ4v) is 1.85. The maximum Gasteiger partial charge on any atom is 0.254 e. The van der Waals surface area contributed by atoms with Crippen LogP contribution in [0.1, 0.15) is 42.6 Å². The second-order valence-electron chi connectivity index (χ2n) is 4.40. The summed E-state index contributed by atoms with van der Waals surface area (Å²) in [6.45, 7) is 4.09. The van der Waals surface area contributed by atoms with E-state index in [1.54, 1.807) is 7.05 Å². The number of benzene rings is 1. The van der Waals surface area contributed by atoms with Crippen LogP contribution < -0.4 is 0 Å². The monoisotopic (exact) mass is 244 g/mol. The third-order valence-electron chi connectivity index (χ3n) is 3.11. The Bertz CT molecular complexity index is 431. The van der Waals surface area contributed by atoms with Gasteiger partial charge in [0.15, 0.2) is 0 Å². The van der Waals surface area contributed by atoms with E-state index in [1.807, 2.05) is 31.2 Å². The highest BCUT2D eigenvalue weighted by Gasteiger charge is 2.19. The molecule has 3 heteroatoms. The van der Waals surface area contributed by atoms with E-state index in [1.165, 1.54) is 10.5 Å². The van der Waals surface area contributed by atoms with Gasteiger partial charge in [-0.15, -0.1) is 0 Å². The van der Waals surface area contributed by atoms with Crippen LogP contribution in [-0.4, -0.2) is 23.9 Å². The zero-order valence-corrected chi connectivity index (χ0v) is 11.3. The highest BCUT2D eigenvalue weighted by molar-refractivity contribution is 5.94. The highest BCUT2D eigenvalue weighted by Crippen LogP contribution is 2.11. The van der Waals surface area contributed by atoms with Crippen molar-refractivity contribution in [1.82, 2.24) is 4.90 Å². The summed E-state index contributed by atoms with van der Waals surface area (Å²) in [4.78, 5) is 13.7. The molecule has 0 aliphatic rings. The van der Waals surface area contributed by atoms with Crippen LogP contribution in [0.15, 0.2) is 24.3 Å². The summed E-state index contributed by atoms with van der Waals surface area (Å²) < 4.78 is 0. The second-order valence-corrected chi connectivity index (χ2v) is 4.40. The zero-order chi connectivity index (χ0) is 13.5. The molecule has 18 heavy (non-hydrogen) atoms. The number of rotatable bonds is 5. The minimum absolute atomic E-state index is 0.0855. The summed E-state index contributed by atoms with van der Waals surface area (Å²) >= 11 is 0. The third kappa shape index (κ3) is 3.33. The Hall–Kier alpha value is -1.82. The van der Waals surface area contributed by atoms with Crippen LogP contribution in [-0.2, 0) is 6.42 Å². The van der Waals surface area contributed by atoms with Gasteiger partial charge in [0.05, 0.1) is 6.07 Å². The Labute approximate surface area is 109 Å². The van der Waals surface area contributed by atoms with Crippen LogP contribution in [0.2, 0.25) is 0 Å². The van der Waals surface area contributed by atoms with E-state index in [9.17, 15) is 4.79 Å². The topological polar surface area (TPSA) is 44.1 Å². The van der Waals surface area contributed by atoms with Crippen molar-refractivity contribution >= 4 is 5.91 Å². The number of carbonyl (C=O) groups excluding carboxylic acids is 1. The first-order valence-electron chi connectivity index (χ1n) is 6.39. The molecule has 1 aromatic rings. The third-order valence-corrected chi connectivity index (χ3v) is 3.11. The molecule has 3 nitrogen and oxygen atoms in total. The first-order chi connectivity index (χ1) is 8.63. The Morgan fingerprint density at radius 1 is 1.33 bits per heavy atom. The lowest BCUT2D eigenvalue weighted by Gasteiger charge is -2.22. The van der Waals surface area contributed by atoms with E-state index in [0.717, 1.165) is 12.8 Å². The summed E-state index contributed by atoms with van der Waals surface area (Å²) in [6, 6.07) is 9.43. The summed E-state index contributed by atoms with van der Waals surface area (Å²) in [7, 11) is 1.69. The molecule has 0 aliphatic carbocycles. The summed E-state index contributed by atoms with van der Waals surface area (Å²) in [6.07, 6.45) is 2.57. The van der Waals surface area contributed by atoms with Crippen molar-refractivity contribution in [2.45, 2.75) is 39.2 Å². The van der Waals surface area contributed by atoms with Crippen molar-refractivity contribution in [3.63, 3.8) is 0 Å². The predicted octanol–water partition coefficient (Wildman–Crippen LogP) is 3.01. The molecule has 0 N–H and O–H groups in total. The molecule has 0 aliphatic heterocycles. The lowest BCUT2D eigenvalue weighted by molar-refractivity contribution is 0.0759. The largest absolute Gasteiger partial charge is 0.326 e. The summed E-state index contributed by atoms with van der Waals surface area (Å²) in [5.41, 5.74) is 1.85. The molecule has 0 aromatic heterocycles. The van der Waals surface area contributed by atoms with Gasteiger partial charge in [-0.25, -0.2) is 0 Å². The summed E-state index contributed by atoms with van der Waals surface area (Å²) in [5, 5.41) is 9.06. The van der Waals surface area contributed by atoms with E-state index >= 15 is 0 Å². The number of nitriles is 1. The molecule has 0 fully saturated rings. The zero-order valence-electron chi connectivity index (χ0n) is 11.3. The molecule has 96 valence electrons.